The predicted octanol–water partition coefficient (Wildman–Crippen LogP) is 3.17. The van der Waals surface area contributed by atoms with Gasteiger partial charge in [0, 0.05) is 12.5 Å². The molecule has 4 heteroatoms. The Labute approximate surface area is 104 Å². The number of carboxylic acid groups (broad SMARTS) is 1. The molecule has 0 saturated heterocycles. The van der Waals surface area contributed by atoms with E-state index in [1.165, 1.54) is 6.08 Å². The lowest BCUT2D eigenvalue weighted by Gasteiger charge is -1.97. The number of aliphatic carboxylic acids is 1. The van der Waals surface area contributed by atoms with Crippen molar-refractivity contribution in [2.24, 2.45) is 0 Å². The van der Waals surface area contributed by atoms with Gasteiger partial charge in [-0.1, -0.05) is 39.7 Å². The van der Waals surface area contributed by atoms with E-state index in [0.29, 0.717) is 13.0 Å². The monoisotopic (exact) mass is 244 g/mol. The van der Waals surface area contributed by atoms with Crippen molar-refractivity contribution in [3.8, 4) is 0 Å². The van der Waals surface area contributed by atoms with Crippen molar-refractivity contribution in [2.45, 2.75) is 52.4 Å². The third-order valence-corrected chi connectivity index (χ3v) is 1.90. The fourth-order valence-electron chi connectivity index (χ4n) is 0.902. The highest BCUT2D eigenvalue weighted by Gasteiger charge is 1.93. The van der Waals surface area contributed by atoms with Gasteiger partial charge in [-0.3, -0.25) is 4.79 Å². The first-order chi connectivity index (χ1) is 8.08. The molecule has 0 heterocycles. The van der Waals surface area contributed by atoms with E-state index >= 15 is 0 Å². The number of hydrogen-bond donors (Lipinski definition) is 1. The van der Waals surface area contributed by atoms with Crippen LogP contribution >= 0.6 is 0 Å². The topological polar surface area (TPSA) is 63.6 Å². The summed E-state index contributed by atoms with van der Waals surface area (Å²) in [7, 11) is 0. The first kappa shape index (κ1) is 18.1. The zero-order chi connectivity index (χ0) is 13.5. The number of carboxylic acids is 1. The maximum atomic E-state index is 10.3. The van der Waals surface area contributed by atoms with Crippen LogP contribution in [0.2, 0.25) is 0 Å². The molecular weight excluding hydrogens is 220 g/mol. The predicted molar refractivity (Wildman–Crippen MR) is 67.8 cm³/mol. The second-order valence-electron chi connectivity index (χ2n) is 3.58. The molecular formula is C13H24O4. The van der Waals surface area contributed by atoms with Crippen LogP contribution in [0, 0.1) is 0 Å². The van der Waals surface area contributed by atoms with Crippen molar-refractivity contribution < 1.29 is 19.4 Å². The Morgan fingerprint density at radius 1 is 1.18 bits per heavy atom. The van der Waals surface area contributed by atoms with Crippen LogP contribution in [0.5, 0.6) is 0 Å². The van der Waals surface area contributed by atoms with Gasteiger partial charge in [-0.15, -0.1) is 0 Å². The van der Waals surface area contributed by atoms with Crippen LogP contribution in [-0.2, 0) is 14.3 Å². The van der Waals surface area contributed by atoms with Gasteiger partial charge in [0.25, 0.3) is 0 Å². The molecule has 0 fully saturated rings. The summed E-state index contributed by atoms with van der Waals surface area (Å²) < 4.78 is 4.67. The van der Waals surface area contributed by atoms with Gasteiger partial charge < -0.3 is 9.84 Å². The first-order valence-electron chi connectivity index (χ1n) is 6.09. The maximum absolute atomic E-state index is 10.3. The summed E-state index contributed by atoms with van der Waals surface area (Å²) in [6.07, 6.45) is 6.43. The molecule has 0 bridgehead atoms. The van der Waals surface area contributed by atoms with Gasteiger partial charge in [-0.2, -0.15) is 0 Å². The fraction of sp³-hybridized carbons (Fsp3) is 0.692. The highest BCUT2D eigenvalue weighted by molar-refractivity contribution is 5.81. The SMILES string of the molecule is C=CC(=O)OCCCC.CCCCCC(=O)O. The molecule has 0 aromatic rings. The minimum absolute atomic E-state index is 0.327. The Bertz CT molecular complexity index is 211. The van der Waals surface area contributed by atoms with Crippen LogP contribution in [0.25, 0.3) is 0 Å². The molecule has 0 aliphatic rings. The average molecular weight is 244 g/mol. The third-order valence-electron chi connectivity index (χ3n) is 1.90. The van der Waals surface area contributed by atoms with Crippen LogP contribution in [-0.4, -0.2) is 23.7 Å². The summed E-state index contributed by atoms with van der Waals surface area (Å²) in [4.78, 5) is 20.2. The molecule has 100 valence electrons. The van der Waals surface area contributed by atoms with E-state index in [2.05, 4.69) is 18.2 Å². The van der Waals surface area contributed by atoms with Gasteiger partial charge >= 0.3 is 11.9 Å². The van der Waals surface area contributed by atoms with Crippen molar-refractivity contribution in [3.05, 3.63) is 12.7 Å². The van der Waals surface area contributed by atoms with Crippen LogP contribution in [0.4, 0.5) is 0 Å². The largest absolute Gasteiger partial charge is 0.481 e. The lowest BCUT2D eigenvalue weighted by Crippen LogP contribution is -2.00. The van der Waals surface area contributed by atoms with E-state index < -0.39 is 5.97 Å². The van der Waals surface area contributed by atoms with E-state index in [1.54, 1.807) is 0 Å². The van der Waals surface area contributed by atoms with E-state index in [0.717, 1.165) is 32.1 Å². The third kappa shape index (κ3) is 20.7. The van der Waals surface area contributed by atoms with Crippen molar-refractivity contribution in [2.75, 3.05) is 6.61 Å². The summed E-state index contributed by atoms with van der Waals surface area (Å²) in [6, 6.07) is 0. The van der Waals surface area contributed by atoms with Crippen LogP contribution < -0.4 is 0 Å². The van der Waals surface area contributed by atoms with Gasteiger partial charge in [0.2, 0.25) is 0 Å². The van der Waals surface area contributed by atoms with Gasteiger partial charge in [0.15, 0.2) is 0 Å². The second-order valence-corrected chi connectivity index (χ2v) is 3.58. The zero-order valence-corrected chi connectivity index (χ0v) is 10.9. The van der Waals surface area contributed by atoms with Crippen LogP contribution in [0.15, 0.2) is 12.7 Å². The molecule has 1 N–H and O–H groups in total. The molecule has 0 atom stereocenters. The number of carbonyl (C=O) groups excluding carboxylic acids is 1. The molecule has 0 radical (unpaired) electrons. The Kier molecular flexibility index (Phi) is 15.6. The smallest absolute Gasteiger partial charge is 0.330 e. The molecule has 0 saturated carbocycles. The van der Waals surface area contributed by atoms with E-state index in [4.69, 9.17) is 5.11 Å². The van der Waals surface area contributed by atoms with Gasteiger partial charge in [0.05, 0.1) is 6.61 Å². The standard InChI is InChI=1S/C7H12O2.C6H12O2/c1-3-5-6-9-7(8)4-2;1-2-3-4-5-6(7)8/h4H,2-3,5-6H2,1H3;2-5H2,1H3,(H,7,8). The second kappa shape index (κ2) is 14.7. The molecule has 17 heavy (non-hydrogen) atoms. The van der Waals surface area contributed by atoms with Gasteiger partial charge in [0.1, 0.15) is 0 Å². The van der Waals surface area contributed by atoms with Gasteiger partial charge in [-0.25, -0.2) is 4.79 Å². The first-order valence-corrected chi connectivity index (χ1v) is 6.09. The van der Waals surface area contributed by atoms with Crippen LogP contribution in [0.1, 0.15) is 52.4 Å². The summed E-state index contributed by atoms with van der Waals surface area (Å²) in [6.45, 7) is 7.88. The van der Waals surface area contributed by atoms with Crippen LogP contribution in [0.3, 0.4) is 0 Å². The molecule has 0 aliphatic carbocycles. The van der Waals surface area contributed by atoms with Crippen molar-refractivity contribution in [3.63, 3.8) is 0 Å². The van der Waals surface area contributed by atoms with E-state index in [9.17, 15) is 9.59 Å². The number of hydrogen-bond acceptors (Lipinski definition) is 3. The molecule has 0 unspecified atom stereocenters. The molecule has 0 aromatic heterocycles. The zero-order valence-electron chi connectivity index (χ0n) is 10.9. The minimum Gasteiger partial charge on any atom is -0.481 e. The quantitative estimate of drug-likeness (QED) is 0.404. The summed E-state index contributed by atoms with van der Waals surface area (Å²) in [5, 5.41) is 8.14. The molecule has 0 aliphatic heterocycles. The summed E-state index contributed by atoms with van der Waals surface area (Å²) in [5.41, 5.74) is 0. The molecule has 0 spiro atoms. The Morgan fingerprint density at radius 2 is 1.76 bits per heavy atom. The fourth-order valence-corrected chi connectivity index (χ4v) is 0.902. The Morgan fingerprint density at radius 3 is 2.18 bits per heavy atom. The number of rotatable bonds is 8. The summed E-state index contributed by atoms with van der Waals surface area (Å²) in [5.74, 6) is -1.01. The van der Waals surface area contributed by atoms with Crippen molar-refractivity contribution >= 4 is 11.9 Å². The van der Waals surface area contributed by atoms with Crippen molar-refractivity contribution in [1.29, 1.82) is 0 Å². The molecule has 0 aromatic carbocycles. The molecule has 4 nitrogen and oxygen atoms in total. The average Bonchev–Trinajstić information content (AvgIpc) is 2.30. The molecule has 0 amide bonds. The van der Waals surface area contributed by atoms with E-state index in [-0.39, 0.29) is 5.97 Å². The Balaban J connectivity index is 0. The number of ether oxygens (including phenoxy) is 1. The molecule has 0 rings (SSSR count). The van der Waals surface area contributed by atoms with Gasteiger partial charge in [-0.05, 0) is 12.8 Å². The number of unbranched alkanes of at least 4 members (excludes halogenated alkanes) is 3. The number of esters is 1. The van der Waals surface area contributed by atoms with E-state index in [1.807, 2.05) is 6.92 Å². The minimum atomic E-state index is -0.682. The normalized spacial score (nSPS) is 8.82. The maximum Gasteiger partial charge on any atom is 0.330 e. The lowest BCUT2D eigenvalue weighted by atomic mass is 10.2. The van der Waals surface area contributed by atoms with Crippen molar-refractivity contribution in [1.82, 2.24) is 0 Å². The Hall–Kier alpha value is -1.32. The number of carbonyl (C=O) groups is 2. The highest BCUT2D eigenvalue weighted by atomic mass is 16.5. The summed E-state index contributed by atoms with van der Waals surface area (Å²) >= 11 is 0. The lowest BCUT2D eigenvalue weighted by molar-refractivity contribution is -0.138. The highest BCUT2D eigenvalue weighted by Crippen LogP contribution is 1.97.